The first-order valence-electron chi connectivity index (χ1n) is 13.3. The summed E-state index contributed by atoms with van der Waals surface area (Å²) in [6, 6.07) is 24.2. The first-order chi connectivity index (χ1) is 19.6. The average Bonchev–Trinajstić information content (AvgIpc) is 3.39. The number of aliphatic hydroxyl groups excluding tert-OH is 1. The molecule has 1 saturated heterocycles. The minimum atomic E-state index is -1.36. The zero-order chi connectivity index (χ0) is 27.8. The normalized spacial score (nSPS) is 20.3. The van der Waals surface area contributed by atoms with E-state index in [-0.39, 0.29) is 18.9 Å². The fourth-order valence-electron chi connectivity index (χ4n) is 5.03. The molecule has 0 bridgehead atoms. The van der Waals surface area contributed by atoms with E-state index in [4.69, 9.17) is 24.3 Å². The lowest BCUT2D eigenvalue weighted by Gasteiger charge is -2.37. The molecule has 3 aromatic rings. The van der Waals surface area contributed by atoms with E-state index in [1.807, 2.05) is 66.7 Å². The van der Waals surface area contributed by atoms with Crippen molar-refractivity contribution < 1.29 is 24.1 Å². The molecule has 2 atom stereocenters. The third kappa shape index (κ3) is 5.79. The number of aliphatic hydroxyl groups is 1. The van der Waals surface area contributed by atoms with Gasteiger partial charge in [0.15, 0.2) is 11.6 Å². The molecular formula is C30H31N5O5. The van der Waals surface area contributed by atoms with Crippen LogP contribution >= 0.6 is 0 Å². The molecule has 0 saturated carbocycles. The van der Waals surface area contributed by atoms with Crippen molar-refractivity contribution in [2.45, 2.75) is 24.5 Å². The third-order valence-electron chi connectivity index (χ3n) is 7.01. The van der Waals surface area contributed by atoms with Crippen LogP contribution in [-0.4, -0.2) is 66.9 Å². The molecule has 3 aromatic carbocycles. The van der Waals surface area contributed by atoms with Crippen molar-refractivity contribution in [2.24, 2.45) is 10.1 Å². The Morgan fingerprint density at radius 1 is 1.07 bits per heavy atom. The molecule has 206 valence electrons. The summed E-state index contributed by atoms with van der Waals surface area (Å²) in [5.41, 5.74) is 10.5. The van der Waals surface area contributed by atoms with E-state index in [1.165, 1.54) is 0 Å². The van der Waals surface area contributed by atoms with Crippen LogP contribution in [0.1, 0.15) is 29.2 Å². The van der Waals surface area contributed by atoms with Gasteiger partial charge in [0.1, 0.15) is 5.75 Å². The lowest BCUT2D eigenvalue weighted by Crippen LogP contribution is -2.54. The van der Waals surface area contributed by atoms with Gasteiger partial charge in [-0.1, -0.05) is 59.7 Å². The Hall–Kier alpha value is -4.37. The van der Waals surface area contributed by atoms with Crippen molar-refractivity contribution in [3.63, 3.8) is 0 Å². The summed E-state index contributed by atoms with van der Waals surface area (Å²) < 4.78 is 17.8. The van der Waals surface area contributed by atoms with E-state index in [2.05, 4.69) is 10.0 Å². The zero-order valence-corrected chi connectivity index (χ0v) is 22.1. The summed E-state index contributed by atoms with van der Waals surface area (Å²) in [4.78, 5) is 24.3. The van der Waals surface area contributed by atoms with Crippen molar-refractivity contribution in [3.8, 4) is 5.75 Å². The number of rotatable bonds is 10. The van der Waals surface area contributed by atoms with E-state index in [9.17, 15) is 10.3 Å². The van der Waals surface area contributed by atoms with E-state index in [0.717, 1.165) is 5.56 Å². The lowest BCUT2D eigenvalue weighted by molar-refractivity contribution is -0.143. The van der Waals surface area contributed by atoms with Crippen LogP contribution in [0.5, 0.6) is 5.75 Å². The van der Waals surface area contributed by atoms with Crippen LogP contribution in [0.15, 0.2) is 89.0 Å². The monoisotopic (exact) mass is 541 g/mol. The van der Waals surface area contributed by atoms with Gasteiger partial charge in [-0.15, -0.1) is 0 Å². The molecule has 1 fully saturated rings. The van der Waals surface area contributed by atoms with Crippen LogP contribution in [0.3, 0.4) is 0 Å². The van der Waals surface area contributed by atoms with E-state index in [1.54, 1.807) is 17.0 Å². The van der Waals surface area contributed by atoms with E-state index in [0.29, 0.717) is 67.8 Å². The Kier molecular flexibility index (Phi) is 8.61. The van der Waals surface area contributed by atoms with Gasteiger partial charge in [0.25, 0.3) is 5.91 Å². The van der Waals surface area contributed by atoms with Crippen LogP contribution in [0, 0.1) is 0 Å². The fraction of sp³-hybridized carbons (Fsp3) is 0.333. The number of ether oxygens (including phenoxy) is 3. The quantitative estimate of drug-likeness (QED) is 0.171. The Morgan fingerprint density at radius 3 is 2.52 bits per heavy atom. The molecule has 1 N–H and O–H groups in total. The lowest BCUT2D eigenvalue weighted by atomic mass is 9.81. The number of benzene rings is 3. The number of carbonyl (C=O) groups excluding carboxylic acids is 1. The molecular weight excluding hydrogens is 510 g/mol. The Labute approximate surface area is 232 Å². The second-order valence-corrected chi connectivity index (χ2v) is 9.60. The summed E-state index contributed by atoms with van der Waals surface area (Å²) in [5.74, 6) is 0.840. The summed E-state index contributed by atoms with van der Waals surface area (Å²) in [6.45, 7) is 2.26. The third-order valence-corrected chi connectivity index (χ3v) is 7.01. The van der Waals surface area contributed by atoms with Crippen LogP contribution in [-0.2, 0) is 20.7 Å². The van der Waals surface area contributed by atoms with Crippen molar-refractivity contribution in [1.82, 2.24) is 4.90 Å². The first-order valence-corrected chi connectivity index (χ1v) is 13.3. The molecule has 5 rings (SSSR count). The minimum Gasteiger partial charge on any atom is -0.494 e. The number of nitrogens with zero attached hydrogens (tertiary/aromatic N) is 5. The number of carbonyl (C=O) groups is 1. The van der Waals surface area contributed by atoms with Crippen molar-refractivity contribution in [2.75, 3.05) is 39.5 Å². The van der Waals surface area contributed by atoms with Gasteiger partial charge in [-0.25, -0.2) is 4.99 Å². The number of aliphatic imine (C=N–C) groups is 1. The Morgan fingerprint density at radius 2 is 1.80 bits per heavy atom. The molecule has 2 aliphatic rings. The van der Waals surface area contributed by atoms with Crippen LogP contribution < -0.4 is 4.74 Å². The van der Waals surface area contributed by atoms with Gasteiger partial charge in [0, 0.05) is 48.7 Å². The average molecular weight is 542 g/mol. The highest BCUT2D eigenvalue weighted by Gasteiger charge is 2.55. The van der Waals surface area contributed by atoms with Gasteiger partial charge in [-0.05, 0) is 40.9 Å². The highest BCUT2D eigenvalue weighted by molar-refractivity contribution is 6.01. The first kappa shape index (κ1) is 27.2. The molecule has 0 aliphatic carbocycles. The number of amides is 1. The number of morpholine rings is 1. The molecule has 10 heteroatoms. The summed E-state index contributed by atoms with van der Waals surface area (Å²) in [7, 11) is 0. The molecule has 1 amide bonds. The molecule has 0 radical (unpaired) electrons. The number of hydrogen-bond acceptors (Lipinski definition) is 7. The minimum absolute atomic E-state index is 0.0612. The SMILES string of the molecule is [N-]=[N+]=Nc1ccccc1C[C@]1(C(=O)N2CCOCC2)N=C(c2ccc(OCCCO)cc2)O[C@H]1c1ccccc1. The highest BCUT2D eigenvalue weighted by atomic mass is 16.5. The van der Waals surface area contributed by atoms with Crippen LogP contribution in [0.25, 0.3) is 10.4 Å². The Bertz CT molecular complexity index is 1390. The number of hydrogen-bond donors (Lipinski definition) is 1. The van der Waals surface area contributed by atoms with E-state index < -0.39 is 11.6 Å². The predicted molar refractivity (Wildman–Crippen MR) is 150 cm³/mol. The van der Waals surface area contributed by atoms with Gasteiger partial charge >= 0.3 is 0 Å². The van der Waals surface area contributed by atoms with Crippen molar-refractivity contribution >= 4 is 17.5 Å². The topological polar surface area (TPSA) is 129 Å². The molecule has 10 nitrogen and oxygen atoms in total. The summed E-state index contributed by atoms with van der Waals surface area (Å²) in [5, 5.41) is 12.9. The summed E-state index contributed by atoms with van der Waals surface area (Å²) >= 11 is 0. The van der Waals surface area contributed by atoms with Crippen LogP contribution in [0.4, 0.5) is 5.69 Å². The van der Waals surface area contributed by atoms with Gasteiger partial charge < -0.3 is 24.2 Å². The second-order valence-electron chi connectivity index (χ2n) is 9.60. The summed E-state index contributed by atoms with van der Waals surface area (Å²) in [6.07, 6.45) is -0.0116. The Balaban J connectivity index is 1.61. The molecule has 2 aliphatic heterocycles. The molecule has 0 spiro atoms. The highest BCUT2D eigenvalue weighted by Crippen LogP contribution is 2.44. The molecule has 2 heterocycles. The zero-order valence-electron chi connectivity index (χ0n) is 22.1. The van der Waals surface area contributed by atoms with Gasteiger partial charge in [0.2, 0.25) is 5.90 Å². The van der Waals surface area contributed by atoms with E-state index >= 15 is 0 Å². The predicted octanol–water partition coefficient (Wildman–Crippen LogP) is 4.75. The van der Waals surface area contributed by atoms with Gasteiger partial charge in [-0.3, -0.25) is 4.79 Å². The van der Waals surface area contributed by atoms with Crippen molar-refractivity contribution in [3.05, 3.63) is 106 Å². The molecule has 0 unspecified atom stereocenters. The van der Waals surface area contributed by atoms with Gasteiger partial charge in [0.05, 0.1) is 19.8 Å². The fourth-order valence-corrected chi connectivity index (χ4v) is 5.03. The van der Waals surface area contributed by atoms with Gasteiger partial charge in [-0.2, -0.15) is 0 Å². The van der Waals surface area contributed by atoms with Crippen molar-refractivity contribution in [1.29, 1.82) is 0 Å². The molecule has 0 aromatic heterocycles. The maximum absolute atomic E-state index is 14.5. The maximum Gasteiger partial charge on any atom is 0.255 e. The molecule has 40 heavy (non-hydrogen) atoms. The standard InChI is InChI=1S/C30H31N5O5/c31-34-33-26-10-5-4-9-24(26)21-30(29(37)35-15-19-38-20-16-35)27(22-7-2-1-3-8-22)40-28(32-30)23-11-13-25(14-12-23)39-18-6-17-36/h1-5,7-14,27,36H,6,15-21H2/t27-,30-/m0/s1. The smallest absolute Gasteiger partial charge is 0.255 e. The van der Waals surface area contributed by atoms with Crippen LogP contribution in [0.2, 0.25) is 0 Å². The largest absolute Gasteiger partial charge is 0.494 e. The second kappa shape index (κ2) is 12.7. The maximum atomic E-state index is 14.5. The number of azide groups is 1.